The van der Waals surface area contributed by atoms with E-state index in [9.17, 15) is 13.2 Å². The van der Waals surface area contributed by atoms with Crippen LogP contribution < -0.4 is 0 Å². The molecule has 0 bridgehead atoms. The maximum Gasteiger partial charge on any atom is 0.253 e. The van der Waals surface area contributed by atoms with Crippen LogP contribution in [0.2, 0.25) is 0 Å². The molecule has 0 aliphatic heterocycles. The molecule has 0 aliphatic rings. The molecule has 0 radical (unpaired) electrons. The predicted octanol–water partition coefficient (Wildman–Crippen LogP) is 3.27. The smallest absolute Gasteiger partial charge is 0.253 e. The van der Waals surface area contributed by atoms with E-state index in [0.29, 0.717) is 24.9 Å². The minimum atomic E-state index is -2.90. The first-order chi connectivity index (χ1) is 11.4. The number of hydrogen-bond acceptors (Lipinski definition) is 3. The van der Waals surface area contributed by atoms with Crippen LogP contribution in [0.25, 0.3) is 0 Å². The number of nitrogens with zero attached hydrogens (tertiary/aromatic N) is 1. The lowest BCUT2D eigenvalue weighted by atomic mass is 10.2. The molecule has 0 saturated carbocycles. The highest BCUT2D eigenvalue weighted by atomic mass is 32.2. The van der Waals surface area contributed by atoms with Crippen LogP contribution in [0.1, 0.15) is 23.2 Å². The molecule has 0 fully saturated rings. The molecular weight excluding hydrogens is 322 g/mol. The van der Waals surface area contributed by atoms with Gasteiger partial charge in [0.15, 0.2) is 0 Å². The van der Waals surface area contributed by atoms with Crippen molar-refractivity contribution in [3.8, 4) is 0 Å². The molecule has 0 aromatic heterocycles. The zero-order chi connectivity index (χ0) is 17.8. The van der Waals surface area contributed by atoms with Crippen LogP contribution >= 0.6 is 0 Å². The molecule has 4 nitrogen and oxygen atoms in total. The molecule has 2 rings (SSSR count). The van der Waals surface area contributed by atoms with Crippen LogP contribution in [-0.4, -0.2) is 44.8 Å². The number of carbonyl (C=O) groups is 1. The van der Waals surface area contributed by atoms with Crippen molar-refractivity contribution in [1.29, 1.82) is 0 Å². The van der Waals surface area contributed by atoms with Crippen molar-refractivity contribution in [3.63, 3.8) is 0 Å². The molecule has 0 aliphatic carbocycles. The van der Waals surface area contributed by atoms with Gasteiger partial charge in [-0.05, 0) is 25.0 Å². The fraction of sp³-hybridized carbons (Fsp3) is 0.316. The molecule has 0 spiro atoms. The summed E-state index contributed by atoms with van der Waals surface area (Å²) in [6, 6.07) is 21.1. The van der Waals surface area contributed by atoms with E-state index in [0.717, 1.165) is 0 Å². The topological polar surface area (TPSA) is 54.5 Å². The second-order valence-corrected chi connectivity index (χ2v) is 7.84. The molecule has 0 N–H and O–H groups in total. The highest BCUT2D eigenvalue weighted by molar-refractivity contribution is 7.90. The van der Waals surface area contributed by atoms with Gasteiger partial charge in [-0.3, -0.25) is 4.79 Å². The second-order valence-electron chi connectivity index (χ2n) is 5.58. The summed E-state index contributed by atoms with van der Waals surface area (Å²) >= 11 is 0. The van der Waals surface area contributed by atoms with Crippen molar-refractivity contribution in [2.24, 2.45) is 0 Å². The van der Waals surface area contributed by atoms with E-state index in [2.05, 4.69) is 0 Å². The van der Waals surface area contributed by atoms with E-state index in [1.54, 1.807) is 24.1 Å². The molecule has 130 valence electrons. The Hall–Kier alpha value is -2.14. The lowest BCUT2D eigenvalue weighted by molar-refractivity contribution is 0.0793. The fourth-order valence-corrected chi connectivity index (χ4v) is 2.73. The molecule has 1 amide bonds. The van der Waals surface area contributed by atoms with Crippen molar-refractivity contribution in [1.82, 2.24) is 4.90 Å². The summed E-state index contributed by atoms with van der Waals surface area (Å²) in [6.45, 7) is 0.573. The molecule has 0 unspecified atom stereocenters. The van der Waals surface area contributed by atoms with E-state index in [1.807, 2.05) is 54.6 Å². The monoisotopic (exact) mass is 347 g/mol. The summed E-state index contributed by atoms with van der Waals surface area (Å²) in [4.78, 5) is 13.6. The normalized spacial score (nSPS) is 10.4. The van der Waals surface area contributed by atoms with Crippen molar-refractivity contribution >= 4 is 15.7 Å². The molecule has 2 aromatic rings. The SMILES string of the molecule is CN(CCCCS(C)(=O)=O)C(=O)c1ccccc1.c1ccccc1. The lowest BCUT2D eigenvalue weighted by Crippen LogP contribution is -2.27. The quantitative estimate of drug-likeness (QED) is 0.754. The third-order valence-corrected chi connectivity index (χ3v) is 4.32. The van der Waals surface area contributed by atoms with Crippen LogP contribution in [0.5, 0.6) is 0 Å². The molecule has 0 heterocycles. The molecule has 2 aromatic carbocycles. The summed E-state index contributed by atoms with van der Waals surface area (Å²) in [5.41, 5.74) is 0.656. The molecule has 5 heteroatoms. The first-order valence-corrected chi connectivity index (χ1v) is 9.94. The Morgan fingerprint density at radius 2 is 1.33 bits per heavy atom. The minimum absolute atomic E-state index is 0.0324. The van der Waals surface area contributed by atoms with Crippen LogP contribution in [0, 0.1) is 0 Å². The standard InChI is InChI=1S/C13H19NO3S.C6H6/c1-14(10-6-7-11-18(2,16)17)13(15)12-8-4-3-5-9-12;1-2-4-6-5-3-1/h3-5,8-9H,6-7,10-11H2,1-2H3;1-6H. The number of sulfone groups is 1. The average molecular weight is 347 g/mol. The first-order valence-electron chi connectivity index (χ1n) is 7.88. The predicted molar refractivity (Wildman–Crippen MR) is 98.8 cm³/mol. The Bertz CT molecular complexity index is 658. The van der Waals surface area contributed by atoms with Gasteiger partial charge >= 0.3 is 0 Å². The second kappa shape index (κ2) is 10.6. The van der Waals surface area contributed by atoms with Gasteiger partial charge in [-0.25, -0.2) is 8.42 Å². The maximum atomic E-state index is 11.9. The number of benzene rings is 2. The maximum absolute atomic E-state index is 11.9. The van der Waals surface area contributed by atoms with Crippen molar-refractivity contribution in [3.05, 3.63) is 72.3 Å². The Kier molecular flexibility index (Phi) is 8.79. The van der Waals surface area contributed by atoms with E-state index < -0.39 is 9.84 Å². The van der Waals surface area contributed by atoms with Gasteiger partial charge in [-0.1, -0.05) is 54.6 Å². The Labute approximate surface area is 145 Å². The van der Waals surface area contributed by atoms with Gasteiger partial charge in [0.2, 0.25) is 0 Å². The van der Waals surface area contributed by atoms with Gasteiger partial charge in [-0.2, -0.15) is 0 Å². The molecule has 0 saturated heterocycles. The first kappa shape index (κ1) is 19.9. The Morgan fingerprint density at radius 1 is 0.875 bits per heavy atom. The van der Waals surface area contributed by atoms with Gasteiger partial charge in [0, 0.05) is 31.2 Å². The lowest BCUT2D eigenvalue weighted by Gasteiger charge is -2.16. The van der Waals surface area contributed by atoms with Crippen LogP contribution in [0.3, 0.4) is 0 Å². The summed E-state index contributed by atoms with van der Waals surface area (Å²) < 4.78 is 21.9. The highest BCUT2D eigenvalue weighted by Gasteiger charge is 2.10. The number of rotatable bonds is 6. The molecule has 0 atom stereocenters. The van der Waals surface area contributed by atoms with E-state index >= 15 is 0 Å². The Balaban J connectivity index is 0.000000400. The van der Waals surface area contributed by atoms with Gasteiger partial charge < -0.3 is 4.90 Å². The van der Waals surface area contributed by atoms with E-state index in [4.69, 9.17) is 0 Å². The van der Waals surface area contributed by atoms with Crippen molar-refractivity contribution < 1.29 is 13.2 Å². The van der Waals surface area contributed by atoms with E-state index in [1.165, 1.54) is 6.26 Å². The van der Waals surface area contributed by atoms with Gasteiger partial charge in [0.1, 0.15) is 9.84 Å². The van der Waals surface area contributed by atoms with Gasteiger partial charge in [0.25, 0.3) is 5.91 Å². The van der Waals surface area contributed by atoms with Gasteiger partial charge in [0.05, 0.1) is 0 Å². The van der Waals surface area contributed by atoms with Crippen LogP contribution in [0.15, 0.2) is 66.7 Å². The summed E-state index contributed by atoms with van der Waals surface area (Å²) in [7, 11) is -1.17. The number of hydrogen-bond donors (Lipinski definition) is 0. The van der Waals surface area contributed by atoms with E-state index in [-0.39, 0.29) is 11.7 Å². The number of carbonyl (C=O) groups excluding carboxylic acids is 1. The zero-order valence-corrected chi connectivity index (χ0v) is 15.1. The fourth-order valence-electron chi connectivity index (χ4n) is 2.00. The molecule has 24 heavy (non-hydrogen) atoms. The molecular formula is C19H25NO3S. The number of unbranched alkanes of at least 4 members (excludes halogenated alkanes) is 1. The number of amides is 1. The van der Waals surface area contributed by atoms with Crippen LogP contribution in [0.4, 0.5) is 0 Å². The summed E-state index contributed by atoms with van der Waals surface area (Å²) in [5.74, 6) is 0.148. The summed E-state index contributed by atoms with van der Waals surface area (Å²) in [5, 5.41) is 0. The van der Waals surface area contributed by atoms with Gasteiger partial charge in [-0.15, -0.1) is 0 Å². The minimum Gasteiger partial charge on any atom is -0.342 e. The largest absolute Gasteiger partial charge is 0.342 e. The third-order valence-electron chi connectivity index (χ3n) is 3.29. The zero-order valence-electron chi connectivity index (χ0n) is 14.3. The average Bonchev–Trinajstić information content (AvgIpc) is 2.60. The van der Waals surface area contributed by atoms with Crippen molar-refractivity contribution in [2.75, 3.05) is 25.6 Å². The van der Waals surface area contributed by atoms with Crippen LogP contribution in [-0.2, 0) is 9.84 Å². The Morgan fingerprint density at radius 3 is 1.79 bits per heavy atom. The highest BCUT2D eigenvalue weighted by Crippen LogP contribution is 2.04. The third kappa shape index (κ3) is 9.10. The van der Waals surface area contributed by atoms with Crippen molar-refractivity contribution in [2.45, 2.75) is 12.8 Å². The summed E-state index contributed by atoms with van der Waals surface area (Å²) in [6.07, 6.45) is 2.51.